The monoisotopic (exact) mass is 229 g/mol. The van der Waals surface area contributed by atoms with Crippen molar-refractivity contribution in [2.24, 2.45) is 0 Å². The van der Waals surface area contributed by atoms with Crippen LogP contribution in [0.4, 0.5) is 0 Å². The molecule has 90 valence electrons. The summed E-state index contributed by atoms with van der Waals surface area (Å²) in [5.74, 6) is 0.422. The van der Waals surface area contributed by atoms with Gasteiger partial charge in [-0.05, 0) is 24.0 Å². The second-order valence-corrected chi connectivity index (χ2v) is 4.83. The second-order valence-electron chi connectivity index (χ2n) is 4.83. The number of fused-ring (bicyclic) bond motifs is 1. The van der Waals surface area contributed by atoms with Crippen LogP contribution in [0.3, 0.4) is 0 Å². The number of hydrogen-bond acceptors (Lipinski definition) is 1. The normalized spacial score (nSPS) is 11.3. The lowest BCUT2D eigenvalue weighted by Crippen LogP contribution is -2.07. The molecule has 0 aliphatic heterocycles. The van der Waals surface area contributed by atoms with Crippen LogP contribution in [-0.2, 0) is 6.42 Å². The Bertz CT molecular complexity index is 581. The smallest absolute Gasteiger partial charge is 0.189 e. The third-order valence-corrected chi connectivity index (χ3v) is 3.09. The first-order valence-electron chi connectivity index (χ1n) is 6.28. The Balaban J connectivity index is 2.74. The molecule has 0 aliphatic carbocycles. The molecule has 0 aliphatic rings. The largest absolute Gasteiger partial charge is 0.358 e. The van der Waals surface area contributed by atoms with Crippen molar-refractivity contribution in [2.75, 3.05) is 0 Å². The van der Waals surface area contributed by atoms with Crippen molar-refractivity contribution in [1.82, 2.24) is 4.98 Å². The van der Waals surface area contributed by atoms with Gasteiger partial charge in [-0.25, -0.2) is 0 Å². The van der Waals surface area contributed by atoms with E-state index in [-0.39, 0.29) is 5.43 Å². The molecule has 0 saturated carbocycles. The first-order chi connectivity index (χ1) is 8.13. The Morgan fingerprint density at radius 2 is 2.06 bits per heavy atom. The van der Waals surface area contributed by atoms with Gasteiger partial charge in [-0.3, -0.25) is 4.79 Å². The maximum Gasteiger partial charge on any atom is 0.189 e. The zero-order valence-electron chi connectivity index (χ0n) is 10.7. The molecule has 1 N–H and O–H groups in total. The van der Waals surface area contributed by atoms with Crippen molar-refractivity contribution in [2.45, 2.75) is 39.5 Å². The van der Waals surface area contributed by atoms with Crippen LogP contribution in [0.15, 0.2) is 29.1 Å². The predicted molar refractivity (Wildman–Crippen MR) is 72.7 cm³/mol. The van der Waals surface area contributed by atoms with Crippen molar-refractivity contribution in [3.05, 3.63) is 45.7 Å². The number of aryl methyl sites for hydroxylation is 1. The number of pyridine rings is 1. The number of rotatable bonds is 3. The van der Waals surface area contributed by atoms with E-state index in [0.717, 1.165) is 29.4 Å². The van der Waals surface area contributed by atoms with Crippen LogP contribution in [0.5, 0.6) is 0 Å². The first-order valence-corrected chi connectivity index (χ1v) is 6.28. The van der Waals surface area contributed by atoms with Gasteiger partial charge in [-0.1, -0.05) is 39.3 Å². The van der Waals surface area contributed by atoms with Gasteiger partial charge >= 0.3 is 0 Å². The van der Waals surface area contributed by atoms with Crippen LogP contribution in [0.1, 0.15) is 44.4 Å². The van der Waals surface area contributed by atoms with Crippen LogP contribution < -0.4 is 5.43 Å². The van der Waals surface area contributed by atoms with E-state index in [1.54, 1.807) is 6.07 Å². The highest BCUT2D eigenvalue weighted by atomic mass is 16.1. The standard InChI is InChI=1S/C15H19NO/c1-4-6-11-9-14(17)13-8-5-7-12(10(2)3)15(13)16-11/h5,7-10H,4,6H2,1-3H3,(H,16,17). The van der Waals surface area contributed by atoms with Crippen molar-refractivity contribution < 1.29 is 0 Å². The van der Waals surface area contributed by atoms with Crippen molar-refractivity contribution in [3.63, 3.8) is 0 Å². The predicted octanol–water partition coefficient (Wildman–Crippen LogP) is 3.60. The lowest BCUT2D eigenvalue weighted by molar-refractivity contribution is 0.861. The fourth-order valence-electron chi connectivity index (χ4n) is 2.23. The SMILES string of the molecule is CCCc1cc(=O)c2cccc(C(C)C)c2[nH]1. The summed E-state index contributed by atoms with van der Waals surface area (Å²) in [5, 5.41) is 0.802. The molecule has 0 unspecified atom stereocenters. The lowest BCUT2D eigenvalue weighted by Gasteiger charge is -2.11. The summed E-state index contributed by atoms with van der Waals surface area (Å²) >= 11 is 0. The van der Waals surface area contributed by atoms with Crippen LogP contribution in [0, 0.1) is 0 Å². The molecule has 0 amide bonds. The van der Waals surface area contributed by atoms with Gasteiger partial charge in [-0.2, -0.15) is 0 Å². The van der Waals surface area contributed by atoms with E-state index in [2.05, 4.69) is 31.8 Å². The molecule has 2 heteroatoms. The molecule has 0 bridgehead atoms. The number of aromatic amines is 1. The summed E-state index contributed by atoms with van der Waals surface area (Å²) in [6.45, 7) is 6.43. The van der Waals surface area contributed by atoms with E-state index < -0.39 is 0 Å². The highest BCUT2D eigenvalue weighted by Crippen LogP contribution is 2.22. The summed E-state index contributed by atoms with van der Waals surface area (Å²) in [5.41, 5.74) is 3.40. The fourth-order valence-corrected chi connectivity index (χ4v) is 2.23. The minimum absolute atomic E-state index is 0.129. The summed E-state index contributed by atoms with van der Waals surface area (Å²) in [6, 6.07) is 7.69. The number of hydrogen-bond donors (Lipinski definition) is 1. The van der Waals surface area contributed by atoms with Gasteiger partial charge in [0.2, 0.25) is 0 Å². The second kappa shape index (κ2) is 4.74. The Kier molecular flexibility index (Phi) is 3.32. The molecule has 0 fully saturated rings. The Labute approximate surface area is 102 Å². The van der Waals surface area contributed by atoms with Gasteiger partial charge in [0.15, 0.2) is 5.43 Å². The number of aromatic nitrogens is 1. The Morgan fingerprint density at radius 1 is 1.29 bits per heavy atom. The van der Waals surface area contributed by atoms with E-state index in [4.69, 9.17) is 0 Å². The molecule has 0 spiro atoms. The zero-order valence-corrected chi connectivity index (χ0v) is 10.7. The van der Waals surface area contributed by atoms with E-state index in [1.165, 1.54) is 5.56 Å². The number of benzene rings is 1. The molecule has 1 aromatic heterocycles. The first kappa shape index (κ1) is 11.9. The molecule has 1 aromatic carbocycles. The van der Waals surface area contributed by atoms with Crippen LogP contribution >= 0.6 is 0 Å². The van der Waals surface area contributed by atoms with Crippen LogP contribution in [0.2, 0.25) is 0 Å². The molecule has 2 nitrogen and oxygen atoms in total. The third kappa shape index (κ3) is 2.26. The highest BCUT2D eigenvalue weighted by molar-refractivity contribution is 5.82. The van der Waals surface area contributed by atoms with Gasteiger partial charge in [0.05, 0.1) is 5.52 Å². The quantitative estimate of drug-likeness (QED) is 0.857. The number of H-pyrrole nitrogens is 1. The van der Waals surface area contributed by atoms with E-state index in [1.807, 2.05) is 12.1 Å². The topological polar surface area (TPSA) is 32.9 Å². The summed E-state index contributed by atoms with van der Waals surface area (Å²) in [7, 11) is 0. The minimum atomic E-state index is 0.129. The molecule has 0 radical (unpaired) electrons. The highest BCUT2D eigenvalue weighted by Gasteiger charge is 2.08. The van der Waals surface area contributed by atoms with Crippen molar-refractivity contribution >= 4 is 10.9 Å². The van der Waals surface area contributed by atoms with Gasteiger partial charge in [0.1, 0.15) is 0 Å². The molecule has 1 heterocycles. The molecular weight excluding hydrogens is 210 g/mol. The summed E-state index contributed by atoms with van der Waals surface area (Å²) in [4.78, 5) is 15.4. The minimum Gasteiger partial charge on any atom is -0.358 e. The number of para-hydroxylation sites is 1. The third-order valence-electron chi connectivity index (χ3n) is 3.09. The van der Waals surface area contributed by atoms with E-state index in [0.29, 0.717) is 5.92 Å². The Morgan fingerprint density at radius 3 is 2.71 bits per heavy atom. The van der Waals surface area contributed by atoms with Gasteiger partial charge in [-0.15, -0.1) is 0 Å². The van der Waals surface area contributed by atoms with E-state index in [9.17, 15) is 4.79 Å². The van der Waals surface area contributed by atoms with Crippen LogP contribution in [0.25, 0.3) is 10.9 Å². The van der Waals surface area contributed by atoms with Crippen LogP contribution in [-0.4, -0.2) is 4.98 Å². The molecule has 0 saturated heterocycles. The summed E-state index contributed by atoms with van der Waals surface area (Å²) < 4.78 is 0. The van der Waals surface area contributed by atoms with Crippen molar-refractivity contribution in [3.8, 4) is 0 Å². The average molecular weight is 229 g/mol. The van der Waals surface area contributed by atoms with Gasteiger partial charge in [0, 0.05) is 17.1 Å². The lowest BCUT2D eigenvalue weighted by atomic mass is 9.99. The fraction of sp³-hybridized carbons (Fsp3) is 0.400. The maximum atomic E-state index is 12.0. The molecule has 17 heavy (non-hydrogen) atoms. The van der Waals surface area contributed by atoms with Gasteiger partial charge < -0.3 is 4.98 Å². The van der Waals surface area contributed by atoms with Gasteiger partial charge in [0.25, 0.3) is 0 Å². The molecule has 2 rings (SSSR count). The number of nitrogens with one attached hydrogen (secondary N) is 1. The van der Waals surface area contributed by atoms with Crippen molar-refractivity contribution in [1.29, 1.82) is 0 Å². The maximum absolute atomic E-state index is 12.0. The zero-order chi connectivity index (χ0) is 12.4. The Hall–Kier alpha value is -1.57. The summed E-state index contributed by atoms with van der Waals surface area (Å²) in [6.07, 6.45) is 1.98. The average Bonchev–Trinajstić information content (AvgIpc) is 2.28. The molecule has 0 atom stereocenters. The molecular formula is C15H19NO. The van der Waals surface area contributed by atoms with E-state index >= 15 is 0 Å². The molecule has 2 aromatic rings.